The van der Waals surface area contributed by atoms with E-state index in [9.17, 15) is 4.79 Å². The molecule has 0 bridgehead atoms. The number of fused-ring (bicyclic) bond motifs is 2. The number of H-pyrrole nitrogens is 1. The maximum absolute atomic E-state index is 12.3. The molecule has 1 amide bonds. The van der Waals surface area contributed by atoms with E-state index in [1.807, 2.05) is 22.8 Å². The molecule has 0 saturated heterocycles. The summed E-state index contributed by atoms with van der Waals surface area (Å²) < 4.78 is 6.83. The number of benzene rings is 1. The number of rotatable bonds is 5. The zero-order valence-corrected chi connectivity index (χ0v) is 17.1. The van der Waals surface area contributed by atoms with E-state index >= 15 is 0 Å². The average molecular weight is 437 g/mol. The highest BCUT2D eigenvalue weighted by Gasteiger charge is 2.15. The van der Waals surface area contributed by atoms with Gasteiger partial charge in [-0.05, 0) is 30.7 Å². The number of nitrogens with two attached hydrogens (primary N) is 1. The Hall–Kier alpha value is -3.92. The highest BCUT2D eigenvalue weighted by atomic mass is 35.5. The predicted molar refractivity (Wildman–Crippen MR) is 115 cm³/mol. The molecule has 0 radical (unpaired) electrons. The number of imidazole rings is 1. The minimum absolute atomic E-state index is 0.252. The molecule has 0 atom stereocenters. The largest absolute Gasteiger partial charge is 0.382 e. The highest BCUT2D eigenvalue weighted by molar-refractivity contribution is 6.31. The maximum Gasteiger partial charge on any atom is 0.256 e. The van der Waals surface area contributed by atoms with E-state index in [0.29, 0.717) is 46.4 Å². The van der Waals surface area contributed by atoms with Crippen LogP contribution in [0.1, 0.15) is 27.4 Å². The minimum atomic E-state index is -0.252. The molecule has 0 aliphatic rings. The van der Waals surface area contributed by atoms with Crippen LogP contribution in [0.4, 0.5) is 5.82 Å². The zero-order chi connectivity index (χ0) is 21.5. The molecule has 4 N–H and O–H groups in total. The topological polar surface area (TPSA) is 141 Å². The van der Waals surface area contributed by atoms with Crippen LogP contribution in [0.3, 0.4) is 0 Å². The Morgan fingerprint density at radius 3 is 2.97 bits per heavy atom. The number of aromatic amines is 1. The molecule has 0 fully saturated rings. The van der Waals surface area contributed by atoms with Gasteiger partial charge < -0.3 is 25.1 Å². The number of hydrogen-bond donors (Lipinski definition) is 3. The summed E-state index contributed by atoms with van der Waals surface area (Å²) in [5.41, 5.74) is 10.2. The van der Waals surface area contributed by atoms with Crippen molar-refractivity contribution in [1.29, 1.82) is 0 Å². The van der Waals surface area contributed by atoms with Crippen LogP contribution in [0.2, 0.25) is 5.02 Å². The fourth-order valence-electron chi connectivity index (χ4n) is 3.54. The van der Waals surface area contributed by atoms with Gasteiger partial charge in [-0.25, -0.2) is 15.0 Å². The summed E-state index contributed by atoms with van der Waals surface area (Å²) in [5.74, 6) is 0.555. The summed E-state index contributed by atoms with van der Waals surface area (Å²) in [7, 11) is 0. The standard InChI is InChI=1S/C20H17ClN8O2/c1-10-15(6-27-31-10)20(30)23-5-14-4-11-2-13(21)3-12(16(11)28-14)7-29-9-26-17-18(22)24-8-25-19(17)29/h2-4,6,8-9,28H,5,7H2,1H3,(H,23,30)(H2,22,24,25). The average Bonchev–Trinajstić information content (AvgIpc) is 3.45. The van der Waals surface area contributed by atoms with Gasteiger partial charge in [0.15, 0.2) is 11.5 Å². The SMILES string of the molecule is Cc1oncc1C(=O)NCc1cc2cc(Cl)cc(Cn3cnc4c(N)ncnc43)c2[nH]1. The number of nitrogens with one attached hydrogen (secondary N) is 2. The van der Waals surface area contributed by atoms with E-state index < -0.39 is 0 Å². The van der Waals surface area contributed by atoms with Gasteiger partial charge in [-0.15, -0.1) is 0 Å². The van der Waals surface area contributed by atoms with Crippen molar-refractivity contribution in [2.24, 2.45) is 0 Å². The van der Waals surface area contributed by atoms with Crippen molar-refractivity contribution < 1.29 is 9.32 Å². The molecular formula is C20H17ClN8O2. The van der Waals surface area contributed by atoms with E-state index in [0.717, 1.165) is 22.2 Å². The van der Waals surface area contributed by atoms with Crippen molar-refractivity contribution in [3.8, 4) is 0 Å². The molecule has 10 nitrogen and oxygen atoms in total. The van der Waals surface area contributed by atoms with Crippen molar-refractivity contribution in [2.45, 2.75) is 20.0 Å². The van der Waals surface area contributed by atoms with Crippen LogP contribution < -0.4 is 11.1 Å². The summed E-state index contributed by atoms with van der Waals surface area (Å²) in [6.45, 7) is 2.49. The van der Waals surface area contributed by atoms with E-state index in [1.54, 1.807) is 13.3 Å². The zero-order valence-electron chi connectivity index (χ0n) is 16.4. The van der Waals surface area contributed by atoms with E-state index in [-0.39, 0.29) is 5.91 Å². The Kier molecular flexibility index (Phi) is 4.55. The summed E-state index contributed by atoms with van der Waals surface area (Å²) in [6, 6.07) is 5.72. The van der Waals surface area contributed by atoms with Gasteiger partial charge in [0.25, 0.3) is 5.91 Å². The number of hydrogen-bond acceptors (Lipinski definition) is 7. The van der Waals surface area contributed by atoms with Gasteiger partial charge in [0.05, 0.1) is 31.1 Å². The first-order chi connectivity index (χ1) is 15.0. The molecule has 0 unspecified atom stereocenters. The number of carbonyl (C=O) groups excluding carboxylic acids is 1. The second-order valence-electron chi connectivity index (χ2n) is 7.11. The quantitative estimate of drug-likeness (QED) is 0.384. The van der Waals surface area contributed by atoms with Gasteiger partial charge in [-0.1, -0.05) is 16.8 Å². The number of halogens is 1. The molecule has 1 aromatic carbocycles. The number of nitrogens with zero attached hydrogens (tertiary/aromatic N) is 5. The summed E-state index contributed by atoms with van der Waals surface area (Å²) in [6.07, 6.45) is 4.49. The molecule has 4 aromatic heterocycles. The molecule has 31 heavy (non-hydrogen) atoms. The lowest BCUT2D eigenvalue weighted by Gasteiger charge is -2.07. The second kappa shape index (κ2) is 7.40. The molecule has 0 spiro atoms. The monoisotopic (exact) mass is 436 g/mol. The second-order valence-corrected chi connectivity index (χ2v) is 7.54. The molecule has 4 heterocycles. The van der Waals surface area contributed by atoms with E-state index in [1.165, 1.54) is 12.5 Å². The molecule has 5 aromatic rings. The lowest BCUT2D eigenvalue weighted by Crippen LogP contribution is -2.23. The van der Waals surface area contributed by atoms with Crippen LogP contribution in [0, 0.1) is 6.92 Å². The molecule has 156 valence electrons. The Bertz CT molecular complexity index is 1430. The van der Waals surface area contributed by atoms with Crippen LogP contribution in [-0.2, 0) is 13.1 Å². The van der Waals surface area contributed by atoms with Gasteiger partial charge in [0, 0.05) is 16.1 Å². The van der Waals surface area contributed by atoms with Crippen LogP contribution in [0.5, 0.6) is 0 Å². The molecular weight excluding hydrogens is 420 g/mol. The fourth-order valence-corrected chi connectivity index (χ4v) is 3.79. The summed E-state index contributed by atoms with van der Waals surface area (Å²) >= 11 is 6.36. The van der Waals surface area contributed by atoms with E-state index in [4.69, 9.17) is 21.9 Å². The Morgan fingerprint density at radius 2 is 2.16 bits per heavy atom. The predicted octanol–water partition coefficient (Wildman–Crippen LogP) is 2.82. The third kappa shape index (κ3) is 3.46. The van der Waals surface area contributed by atoms with Gasteiger partial charge >= 0.3 is 0 Å². The van der Waals surface area contributed by atoms with Gasteiger partial charge in [0.2, 0.25) is 0 Å². The molecule has 0 saturated carbocycles. The minimum Gasteiger partial charge on any atom is -0.382 e. The first kappa shape index (κ1) is 19.1. The lowest BCUT2D eigenvalue weighted by atomic mass is 10.1. The smallest absolute Gasteiger partial charge is 0.256 e. The molecule has 11 heteroatoms. The van der Waals surface area contributed by atoms with Crippen molar-refractivity contribution in [1.82, 2.24) is 35.0 Å². The van der Waals surface area contributed by atoms with Crippen molar-refractivity contribution in [3.05, 3.63) is 64.7 Å². The van der Waals surface area contributed by atoms with Crippen LogP contribution in [0.15, 0.2) is 41.6 Å². The first-order valence-electron chi connectivity index (χ1n) is 9.40. The van der Waals surface area contributed by atoms with Crippen molar-refractivity contribution in [2.75, 3.05) is 5.73 Å². The van der Waals surface area contributed by atoms with Crippen LogP contribution in [0.25, 0.3) is 22.1 Å². The van der Waals surface area contributed by atoms with Crippen LogP contribution >= 0.6 is 11.6 Å². The Balaban J connectivity index is 1.44. The third-order valence-electron chi connectivity index (χ3n) is 5.04. The lowest BCUT2D eigenvalue weighted by molar-refractivity contribution is 0.0949. The molecule has 0 aliphatic heterocycles. The van der Waals surface area contributed by atoms with E-state index in [2.05, 4.69) is 30.4 Å². The van der Waals surface area contributed by atoms with Gasteiger partial charge in [0.1, 0.15) is 23.2 Å². The normalized spacial score (nSPS) is 11.4. The number of nitrogen functional groups attached to an aromatic ring is 1. The maximum atomic E-state index is 12.3. The third-order valence-corrected chi connectivity index (χ3v) is 5.25. The van der Waals surface area contributed by atoms with Crippen LogP contribution in [-0.4, -0.2) is 35.6 Å². The molecule has 5 rings (SSSR count). The number of anilines is 1. The number of carbonyl (C=O) groups is 1. The summed E-state index contributed by atoms with van der Waals surface area (Å²) in [4.78, 5) is 28.3. The van der Waals surface area contributed by atoms with Gasteiger partial charge in [-0.2, -0.15) is 0 Å². The Morgan fingerprint density at radius 1 is 1.29 bits per heavy atom. The number of amides is 1. The van der Waals surface area contributed by atoms with Crippen molar-refractivity contribution >= 4 is 45.4 Å². The molecule has 0 aliphatic carbocycles. The van der Waals surface area contributed by atoms with Gasteiger partial charge in [-0.3, -0.25) is 4.79 Å². The Labute approximate surface area is 180 Å². The first-order valence-corrected chi connectivity index (χ1v) is 9.78. The number of aryl methyl sites for hydroxylation is 1. The fraction of sp³-hybridized carbons (Fsp3) is 0.150. The number of aromatic nitrogens is 6. The highest BCUT2D eigenvalue weighted by Crippen LogP contribution is 2.26. The summed E-state index contributed by atoms with van der Waals surface area (Å²) in [5, 5.41) is 8.04. The van der Waals surface area contributed by atoms with Crippen molar-refractivity contribution in [3.63, 3.8) is 0 Å².